The van der Waals surface area contributed by atoms with Crippen LogP contribution in [0.1, 0.15) is 20.3 Å². The van der Waals surface area contributed by atoms with Gasteiger partial charge in [-0.05, 0) is 13.8 Å². The van der Waals surface area contributed by atoms with Crippen LogP contribution in [0.5, 0.6) is 0 Å². The van der Waals surface area contributed by atoms with Gasteiger partial charge >= 0.3 is 0 Å². The average Bonchev–Trinajstić information content (AvgIpc) is 2.15. The topological polar surface area (TPSA) is 64.0 Å². The Kier molecular flexibility index (Phi) is 4.03. The lowest BCUT2D eigenvalue weighted by atomic mass is 10.3. The van der Waals surface area contributed by atoms with Crippen molar-refractivity contribution < 1.29 is 4.79 Å². The Morgan fingerprint density at radius 1 is 1.60 bits per heavy atom. The Hall–Kier alpha value is -1.65. The molecule has 1 aromatic heterocycles. The van der Waals surface area contributed by atoms with Crippen LogP contribution < -0.4 is 10.9 Å². The van der Waals surface area contributed by atoms with Crippen molar-refractivity contribution in [1.82, 2.24) is 14.9 Å². The number of carbonyl (C=O) groups is 1. The monoisotopic (exact) mass is 209 g/mol. The number of aromatic nitrogens is 2. The van der Waals surface area contributed by atoms with Gasteiger partial charge in [0.1, 0.15) is 0 Å². The molecule has 0 aliphatic carbocycles. The second-order valence-electron chi connectivity index (χ2n) is 3.58. The summed E-state index contributed by atoms with van der Waals surface area (Å²) in [5.41, 5.74) is -0.137. The molecule has 0 saturated heterocycles. The zero-order valence-electron chi connectivity index (χ0n) is 8.93. The Morgan fingerprint density at radius 2 is 2.33 bits per heavy atom. The van der Waals surface area contributed by atoms with Gasteiger partial charge in [0.2, 0.25) is 5.91 Å². The summed E-state index contributed by atoms with van der Waals surface area (Å²) in [6, 6.07) is 1.50. The molecule has 0 bridgehead atoms. The summed E-state index contributed by atoms with van der Waals surface area (Å²) in [6.45, 7) is 4.16. The predicted molar refractivity (Wildman–Crippen MR) is 56.4 cm³/mol. The first-order valence-corrected chi connectivity index (χ1v) is 4.89. The summed E-state index contributed by atoms with van der Waals surface area (Å²) in [5.74, 6) is -0.0549. The fourth-order valence-corrected chi connectivity index (χ4v) is 1.16. The van der Waals surface area contributed by atoms with Crippen LogP contribution in [0.3, 0.4) is 0 Å². The van der Waals surface area contributed by atoms with Gasteiger partial charge in [0.15, 0.2) is 0 Å². The summed E-state index contributed by atoms with van der Waals surface area (Å²) in [7, 11) is 0. The number of amides is 1. The van der Waals surface area contributed by atoms with E-state index in [1.807, 2.05) is 13.8 Å². The van der Waals surface area contributed by atoms with E-state index in [1.165, 1.54) is 23.2 Å². The molecule has 15 heavy (non-hydrogen) atoms. The zero-order valence-corrected chi connectivity index (χ0v) is 8.93. The third-order valence-corrected chi connectivity index (χ3v) is 1.82. The molecule has 1 amide bonds. The number of nitrogens with one attached hydrogen (secondary N) is 1. The van der Waals surface area contributed by atoms with Crippen LogP contribution in [0.4, 0.5) is 0 Å². The highest BCUT2D eigenvalue weighted by Crippen LogP contribution is 1.87. The van der Waals surface area contributed by atoms with Gasteiger partial charge in [0.25, 0.3) is 5.56 Å². The molecule has 1 aromatic rings. The lowest BCUT2D eigenvalue weighted by Crippen LogP contribution is -2.31. The second kappa shape index (κ2) is 5.29. The summed E-state index contributed by atoms with van der Waals surface area (Å²) < 4.78 is 1.42. The molecule has 5 heteroatoms. The molecule has 1 N–H and O–H groups in total. The fourth-order valence-electron chi connectivity index (χ4n) is 1.16. The molecule has 1 heterocycles. The minimum absolute atomic E-state index is 0.0549. The van der Waals surface area contributed by atoms with Crippen LogP contribution in [0.25, 0.3) is 0 Å². The first-order chi connectivity index (χ1) is 7.09. The lowest BCUT2D eigenvalue weighted by molar-refractivity contribution is -0.121. The quantitative estimate of drug-likeness (QED) is 0.768. The largest absolute Gasteiger partial charge is 0.354 e. The molecule has 0 saturated carbocycles. The highest BCUT2D eigenvalue weighted by Gasteiger charge is 2.03. The van der Waals surface area contributed by atoms with Crippen molar-refractivity contribution in [1.29, 1.82) is 0 Å². The van der Waals surface area contributed by atoms with E-state index in [-0.39, 0.29) is 17.5 Å². The Labute approximate surface area is 88.1 Å². The molecule has 0 atom stereocenters. The van der Waals surface area contributed by atoms with E-state index in [9.17, 15) is 9.59 Å². The van der Waals surface area contributed by atoms with Crippen molar-refractivity contribution >= 4 is 5.91 Å². The van der Waals surface area contributed by atoms with Crippen LogP contribution in [0, 0.1) is 0 Å². The molecule has 0 aliphatic rings. The number of hydrogen-bond donors (Lipinski definition) is 1. The highest BCUT2D eigenvalue weighted by molar-refractivity contribution is 5.76. The molecular weight excluding hydrogens is 194 g/mol. The van der Waals surface area contributed by atoms with Crippen molar-refractivity contribution in [3.05, 3.63) is 28.9 Å². The molecular formula is C10H15N3O2. The van der Waals surface area contributed by atoms with Crippen LogP contribution in [0.15, 0.2) is 23.4 Å². The van der Waals surface area contributed by atoms with E-state index < -0.39 is 0 Å². The molecule has 82 valence electrons. The Balaban J connectivity index is 2.48. The van der Waals surface area contributed by atoms with E-state index >= 15 is 0 Å². The summed E-state index contributed by atoms with van der Waals surface area (Å²) >= 11 is 0. The molecule has 1 rings (SSSR count). The molecule has 0 fully saturated rings. The number of aryl methyl sites for hydroxylation is 1. The Bertz CT molecular complexity index is 384. The first-order valence-electron chi connectivity index (χ1n) is 4.89. The van der Waals surface area contributed by atoms with Gasteiger partial charge in [-0.25, -0.2) is 4.98 Å². The summed E-state index contributed by atoms with van der Waals surface area (Å²) in [6.07, 6.45) is 3.17. The van der Waals surface area contributed by atoms with Gasteiger partial charge in [-0.2, -0.15) is 0 Å². The molecule has 5 nitrogen and oxygen atoms in total. The van der Waals surface area contributed by atoms with E-state index in [0.29, 0.717) is 13.0 Å². The van der Waals surface area contributed by atoms with Gasteiger partial charge in [-0.1, -0.05) is 0 Å². The van der Waals surface area contributed by atoms with Gasteiger partial charge in [-0.15, -0.1) is 0 Å². The first kappa shape index (κ1) is 11.4. The maximum absolute atomic E-state index is 11.3. The number of nitrogens with zero attached hydrogens (tertiary/aromatic N) is 2. The van der Waals surface area contributed by atoms with Gasteiger partial charge < -0.3 is 5.32 Å². The Morgan fingerprint density at radius 3 is 2.93 bits per heavy atom. The van der Waals surface area contributed by atoms with Crippen LogP contribution in [-0.4, -0.2) is 21.5 Å². The zero-order chi connectivity index (χ0) is 11.3. The lowest BCUT2D eigenvalue weighted by Gasteiger charge is -2.08. The fraction of sp³-hybridized carbons (Fsp3) is 0.500. The molecule has 0 spiro atoms. The third-order valence-electron chi connectivity index (χ3n) is 1.82. The van der Waals surface area contributed by atoms with Crippen molar-refractivity contribution in [2.75, 3.05) is 0 Å². The summed E-state index contributed by atoms with van der Waals surface area (Å²) in [5, 5.41) is 2.76. The van der Waals surface area contributed by atoms with Gasteiger partial charge in [0.05, 0.1) is 6.33 Å². The van der Waals surface area contributed by atoms with E-state index in [4.69, 9.17) is 0 Å². The highest BCUT2D eigenvalue weighted by atomic mass is 16.2. The van der Waals surface area contributed by atoms with Gasteiger partial charge in [0, 0.05) is 31.3 Å². The van der Waals surface area contributed by atoms with Gasteiger partial charge in [-0.3, -0.25) is 14.2 Å². The van der Waals surface area contributed by atoms with Crippen molar-refractivity contribution in [3.63, 3.8) is 0 Å². The third kappa shape index (κ3) is 3.93. The molecule has 0 aromatic carbocycles. The standard InChI is InChI=1S/C10H15N3O2/c1-8(2)12-9(14)4-6-13-7-11-5-3-10(13)15/h3,5,7-8H,4,6H2,1-2H3,(H,12,14). The SMILES string of the molecule is CC(C)NC(=O)CCn1cnccc1=O. The normalized spacial score (nSPS) is 10.3. The summed E-state index contributed by atoms with van der Waals surface area (Å²) in [4.78, 5) is 26.4. The smallest absolute Gasteiger partial charge is 0.253 e. The van der Waals surface area contributed by atoms with Crippen LogP contribution >= 0.6 is 0 Å². The minimum atomic E-state index is -0.137. The minimum Gasteiger partial charge on any atom is -0.354 e. The second-order valence-corrected chi connectivity index (χ2v) is 3.58. The average molecular weight is 209 g/mol. The molecule has 0 unspecified atom stereocenters. The van der Waals surface area contributed by atoms with E-state index in [1.54, 1.807) is 0 Å². The molecule has 0 radical (unpaired) electrons. The number of carbonyl (C=O) groups excluding carboxylic acids is 1. The van der Waals surface area contributed by atoms with Crippen molar-refractivity contribution in [2.24, 2.45) is 0 Å². The van der Waals surface area contributed by atoms with Crippen molar-refractivity contribution in [2.45, 2.75) is 32.9 Å². The van der Waals surface area contributed by atoms with Crippen LogP contribution in [0.2, 0.25) is 0 Å². The number of hydrogen-bond acceptors (Lipinski definition) is 3. The maximum atomic E-state index is 11.3. The number of rotatable bonds is 4. The van der Waals surface area contributed by atoms with E-state index in [2.05, 4.69) is 10.3 Å². The van der Waals surface area contributed by atoms with Crippen molar-refractivity contribution in [3.8, 4) is 0 Å². The van der Waals surface area contributed by atoms with E-state index in [0.717, 1.165) is 0 Å². The predicted octanol–water partition coefficient (Wildman–Crippen LogP) is 0.158. The maximum Gasteiger partial charge on any atom is 0.253 e. The molecule has 0 aliphatic heterocycles. The van der Waals surface area contributed by atoms with Crippen LogP contribution in [-0.2, 0) is 11.3 Å².